The van der Waals surface area contributed by atoms with E-state index in [0.29, 0.717) is 12.3 Å². The Labute approximate surface area is 213 Å². The van der Waals surface area contributed by atoms with Gasteiger partial charge in [0.2, 0.25) is 21.8 Å². The van der Waals surface area contributed by atoms with E-state index in [1.807, 2.05) is 26.0 Å². The smallest absolute Gasteiger partial charge is 0.242 e. The van der Waals surface area contributed by atoms with Gasteiger partial charge in [0.15, 0.2) is 0 Å². The second-order valence-corrected chi connectivity index (χ2v) is 11.0. The van der Waals surface area contributed by atoms with Gasteiger partial charge in [0, 0.05) is 26.1 Å². The molecule has 2 rings (SSSR count). The van der Waals surface area contributed by atoms with Crippen molar-refractivity contribution in [2.24, 2.45) is 5.92 Å². The molecule has 0 radical (unpaired) electrons. The zero-order valence-electron chi connectivity index (χ0n) is 21.5. The van der Waals surface area contributed by atoms with Crippen LogP contribution in [0.4, 0.5) is 10.1 Å². The van der Waals surface area contributed by atoms with Crippen LogP contribution in [0.2, 0.25) is 0 Å². The van der Waals surface area contributed by atoms with Gasteiger partial charge in [0.25, 0.3) is 0 Å². The molecule has 0 aromatic heterocycles. The number of methoxy groups -OCH3 is 1. The summed E-state index contributed by atoms with van der Waals surface area (Å²) in [4.78, 5) is 27.5. The van der Waals surface area contributed by atoms with E-state index in [-0.39, 0.29) is 49.4 Å². The molecule has 0 aliphatic heterocycles. The molecule has 0 fully saturated rings. The van der Waals surface area contributed by atoms with Gasteiger partial charge >= 0.3 is 0 Å². The predicted molar refractivity (Wildman–Crippen MR) is 139 cm³/mol. The number of carbonyl (C=O) groups excluding carboxylic acids is 2. The van der Waals surface area contributed by atoms with E-state index in [1.165, 1.54) is 23.1 Å². The number of hydrogen-bond donors (Lipinski definition) is 1. The molecule has 0 saturated heterocycles. The second-order valence-electron chi connectivity index (χ2n) is 9.07. The summed E-state index contributed by atoms with van der Waals surface area (Å²) in [5.74, 6) is -0.305. The third kappa shape index (κ3) is 8.51. The molecule has 2 aromatic carbocycles. The molecule has 1 N–H and O–H groups in total. The molecule has 8 nitrogen and oxygen atoms in total. The van der Waals surface area contributed by atoms with Crippen molar-refractivity contribution in [1.29, 1.82) is 0 Å². The number of nitrogens with zero attached hydrogens (tertiary/aromatic N) is 2. The number of nitrogens with one attached hydrogen (secondary N) is 1. The highest BCUT2D eigenvalue weighted by atomic mass is 32.2. The van der Waals surface area contributed by atoms with Crippen molar-refractivity contribution in [2.75, 3.05) is 30.8 Å². The van der Waals surface area contributed by atoms with Gasteiger partial charge in [-0.25, -0.2) is 12.8 Å². The molecule has 0 aliphatic carbocycles. The third-order valence-corrected chi connectivity index (χ3v) is 6.82. The molecule has 2 amide bonds. The van der Waals surface area contributed by atoms with Crippen molar-refractivity contribution < 1.29 is 27.1 Å². The van der Waals surface area contributed by atoms with Crippen LogP contribution in [-0.2, 0) is 26.2 Å². The molecule has 0 spiro atoms. The van der Waals surface area contributed by atoms with Crippen LogP contribution in [0.3, 0.4) is 0 Å². The lowest BCUT2D eigenvalue weighted by molar-refractivity contribution is -0.140. The van der Waals surface area contributed by atoms with E-state index in [2.05, 4.69) is 5.32 Å². The van der Waals surface area contributed by atoms with Crippen molar-refractivity contribution >= 4 is 27.5 Å². The van der Waals surface area contributed by atoms with Gasteiger partial charge in [-0.05, 0) is 49.1 Å². The fourth-order valence-electron chi connectivity index (χ4n) is 3.60. The molecule has 0 unspecified atom stereocenters. The van der Waals surface area contributed by atoms with Crippen molar-refractivity contribution in [3.05, 3.63) is 59.9 Å². The van der Waals surface area contributed by atoms with Crippen LogP contribution in [0, 0.1) is 11.7 Å². The number of carbonyl (C=O) groups is 2. The normalized spacial score (nSPS) is 12.2. The molecule has 1 atom stereocenters. The number of para-hydroxylation sites is 1. The minimum atomic E-state index is -3.77. The number of sulfonamides is 1. The molecule has 0 heterocycles. The molecular formula is C26H36FN3O5S. The average Bonchev–Trinajstić information content (AvgIpc) is 2.83. The summed E-state index contributed by atoms with van der Waals surface area (Å²) in [6.45, 7) is 6.24. The maximum absolute atomic E-state index is 14.3. The van der Waals surface area contributed by atoms with Gasteiger partial charge in [-0.3, -0.25) is 13.9 Å². The van der Waals surface area contributed by atoms with E-state index in [9.17, 15) is 22.4 Å². The molecule has 10 heteroatoms. The first-order valence-corrected chi connectivity index (χ1v) is 13.7. The highest BCUT2D eigenvalue weighted by Gasteiger charge is 2.27. The Morgan fingerprint density at radius 3 is 2.25 bits per heavy atom. The first-order valence-electron chi connectivity index (χ1n) is 11.9. The second kappa shape index (κ2) is 13.2. The molecule has 2 aromatic rings. The number of rotatable bonds is 13. The Hall–Kier alpha value is -3.14. The number of benzene rings is 2. The van der Waals surface area contributed by atoms with Gasteiger partial charge < -0.3 is 15.0 Å². The topological polar surface area (TPSA) is 96.0 Å². The fourth-order valence-corrected chi connectivity index (χ4v) is 4.57. The molecule has 0 bridgehead atoms. The summed E-state index contributed by atoms with van der Waals surface area (Å²) in [7, 11) is -2.20. The van der Waals surface area contributed by atoms with Crippen molar-refractivity contribution in [1.82, 2.24) is 10.2 Å². The van der Waals surface area contributed by atoms with Crippen LogP contribution in [-0.4, -0.2) is 57.6 Å². The van der Waals surface area contributed by atoms with Crippen LogP contribution < -0.4 is 14.4 Å². The van der Waals surface area contributed by atoms with Crippen molar-refractivity contribution in [3.63, 3.8) is 0 Å². The maximum atomic E-state index is 14.3. The highest BCUT2D eigenvalue weighted by molar-refractivity contribution is 7.92. The van der Waals surface area contributed by atoms with E-state index >= 15 is 0 Å². The fraction of sp³-hybridized carbons (Fsp3) is 0.462. The number of amides is 2. The van der Waals surface area contributed by atoms with Gasteiger partial charge in [-0.2, -0.15) is 0 Å². The lowest BCUT2D eigenvalue weighted by atomic mass is 10.1. The van der Waals surface area contributed by atoms with E-state index in [1.54, 1.807) is 32.2 Å². The number of halogens is 1. The molecule has 36 heavy (non-hydrogen) atoms. The van der Waals surface area contributed by atoms with E-state index in [0.717, 1.165) is 16.1 Å². The quantitative estimate of drug-likeness (QED) is 0.435. The monoisotopic (exact) mass is 521 g/mol. The number of ether oxygens (including phenoxy) is 1. The average molecular weight is 522 g/mol. The summed E-state index contributed by atoms with van der Waals surface area (Å²) in [6, 6.07) is 12.1. The first-order chi connectivity index (χ1) is 16.9. The zero-order valence-corrected chi connectivity index (χ0v) is 22.3. The largest absolute Gasteiger partial charge is 0.497 e. The summed E-state index contributed by atoms with van der Waals surface area (Å²) >= 11 is 0. The minimum absolute atomic E-state index is 0.0154. The molecular weight excluding hydrogens is 485 g/mol. The highest BCUT2D eigenvalue weighted by Crippen LogP contribution is 2.22. The summed E-state index contributed by atoms with van der Waals surface area (Å²) < 4.78 is 45.0. The SMILES string of the molecule is COc1ccc(CN(C(=O)CCCN(c2ccccc2F)S(C)(=O)=O)[C@@H](C)C(=O)NCC(C)C)cc1. The Morgan fingerprint density at radius 1 is 1.06 bits per heavy atom. The van der Waals surface area contributed by atoms with Gasteiger partial charge in [0.05, 0.1) is 19.1 Å². The molecule has 0 saturated carbocycles. The third-order valence-electron chi connectivity index (χ3n) is 5.64. The summed E-state index contributed by atoms with van der Waals surface area (Å²) in [5, 5.41) is 2.86. The zero-order chi connectivity index (χ0) is 26.9. The Morgan fingerprint density at radius 2 is 1.69 bits per heavy atom. The van der Waals surface area contributed by atoms with Crippen molar-refractivity contribution in [3.8, 4) is 5.75 Å². The summed E-state index contributed by atoms with van der Waals surface area (Å²) in [5.41, 5.74) is 0.751. The van der Waals surface area contributed by atoms with Crippen LogP contribution in [0.5, 0.6) is 5.75 Å². The van der Waals surface area contributed by atoms with E-state index in [4.69, 9.17) is 4.74 Å². The predicted octanol–water partition coefficient (Wildman–Crippen LogP) is 3.57. The van der Waals surface area contributed by atoms with Crippen LogP contribution in [0.1, 0.15) is 39.2 Å². The van der Waals surface area contributed by atoms with Gasteiger partial charge in [-0.15, -0.1) is 0 Å². The standard InChI is InChI=1S/C26H36FN3O5S/c1-19(2)17-28-26(32)20(3)29(18-21-12-14-22(35-4)15-13-21)25(31)11-8-16-30(36(5,33)34)24-10-7-6-9-23(24)27/h6-7,9-10,12-15,19-20H,8,11,16-18H2,1-5H3,(H,28,32)/t20-/m0/s1. The summed E-state index contributed by atoms with van der Waals surface area (Å²) in [6.07, 6.45) is 1.14. The Bertz CT molecular complexity index is 1120. The minimum Gasteiger partial charge on any atom is -0.497 e. The number of anilines is 1. The van der Waals surface area contributed by atoms with Gasteiger partial charge in [0.1, 0.15) is 17.6 Å². The first kappa shape index (κ1) is 29.1. The Kier molecular flexibility index (Phi) is 10.7. The maximum Gasteiger partial charge on any atom is 0.242 e. The van der Waals surface area contributed by atoms with Crippen LogP contribution >= 0.6 is 0 Å². The molecule has 0 aliphatic rings. The lowest BCUT2D eigenvalue weighted by Gasteiger charge is -2.29. The van der Waals surface area contributed by atoms with Gasteiger partial charge in [-0.1, -0.05) is 38.1 Å². The van der Waals surface area contributed by atoms with Crippen LogP contribution in [0.15, 0.2) is 48.5 Å². The Balaban J connectivity index is 2.17. The lowest BCUT2D eigenvalue weighted by Crippen LogP contribution is -2.48. The van der Waals surface area contributed by atoms with Crippen LogP contribution in [0.25, 0.3) is 0 Å². The van der Waals surface area contributed by atoms with E-state index < -0.39 is 21.9 Å². The van der Waals surface area contributed by atoms with Crippen molar-refractivity contribution in [2.45, 2.75) is 46.2 Å². The molecule has 198 valence electrons. The number of hydrogen-bond acceptors (Lipinski definition) is 5.